The molecule has 3 N–H and O–H groups in total. The van der Waals surface area contributed by atoms with E-state index < -0.39 is 0 Å². The molecule has 0 spiro atoms. The van der Waals surface area contributed by atoms with E-state index >= 15 is 0 Å². The van der Waals surface area contributed by atoms with Gasteiger partial charge in [0.05, 0.1) is 6.10 Å². The van der Waals surface area contributed by atoms with Crippen LogP contribution in [0, 0.1) is 0 Å². The second-order valence-corrected chi connectivity index (χ2v) is 5.27. The predicted molar refractivity (Wildman–Crippen MR) is 81.9 cm³/mol. The Bertz CT molecular complexity index is 609. The van der Waals surface area contributed by atoms with Crippen LogP contribution in [0.15, 0.2) is 28.7 Å². The Morgan fingerprint density at radius 2 is 1.90 bits per heavy atom. The number of nitrogens with zero attached hydrogens (tertiary/aromatic N) is 3. The zero-order chi connectivity index (χ0) is 15.2. The van der Waals surface area contributed by atoms with Crippen molar-refractivity contribution in [3.8, 4) is 12.0 Å². The number of nitrogen functional groups attached to an aromatic ring is 1. The number of benzene rings is 1. The average molecular weight is 354 g/mol. The highest BCUT2D eigenvalue weighted by Gasteiger charge is 2.10. The Kier molecular flexibility index (Phi) is 5.29. The summed E-state index contributed by atoms with van der Waals surface area (Å²) in [6.07, 6.45) is -0.0610. The van der Waals surface area contributed by atoms with E-state index in [-0.39, 0.29) is 24.1 Å². The lowest BCUT2D eigenvalue weighted by atomic mass is 10.2. The van der Waals surface area contributed by atoms with Crippen molar-refractivity contribution in [2.45, 2.75) is 26.6 Å². The quantitative estimate of drug-likeness (QED) is 0.607. The lowest BCUT2D eigenvalue weighted by Gasteiger charge is -2.11. The van der Waals surface area contributed by atoms with Gasteiger partial charge in [-0.15, -0.1) is 4.98 Å². The van der Waals surface area contributed by atoms with Gasteiger partial charge in [0.1, 0.15) is 6.61 Å². The summed E-state index contributed by atoms with van der Waals surface area (Å²) in [5.41, 5.74) is 3.34. The van der Waals surface area contributed by atoms with E-state index in [0.717, 1.165) is 10.0 Å². The number of hydrogen-bond acceptors (Lipinski definition) is 7. The maximum absolute atomic E-state index is 5.57. The topological polar surface area (TPSA) is 95.2 Å². The summed E-state index contributed by atoms with van der Waals surface area (Å²) < 4.78 is 11.9. The van der Waals surface area contributed by atoms with Crippen LogP contribution in [0.2, 0.25) is 0 Å². The number of aromatic nitrogens is 3. The first-order valence-corrected chi connectivity index (χ1v) is 7.13. The minimum absolute atomic E-state index is 0.0610. The summed E-state index contributed by atoms with van der Waals surface area (Å²) in [5, 5.41) is 0. The molecule has 112 valence electrons. The van der Waals surface area contributed by atoms with Crippen molar-refractivity contribution in [3.05, 3.63) is 34.3 Å². The fourth-order valence-corrected chi connectivity index (χ4v) is 1.89. The third-order valence-electron chi connectivity index (χ3n) is 2.38. The van der Waals surface area contributed by atoms with Crippen LogP contribution in [0.25, 0.3) is 0 Å². The summed E-state index contributed by atoms with van der Waals surface area (Å²) in [5.74, 6) is 5.51. The molecule has 0 radical (unpaired) electrons. The third-order valence-corrected chi connectivity index (χ3v) is 3.15. The molecule has 0 aliphatic rings. The Morgan fingerprint density at radius 3 is 2.57 bits per heavy atom. The molecular formula is C13H16BrN5O2. The van der Waals surface area contributed by atoms with Crippen LogP contribution in [-0.2, 0) is 6.61 Å². The molecule has 21 heavy (non-hydrogen) atoms. The molecule has 8 heteroatoms. The molecule has 1 aromatic heterocycles. The fourth-order valence-electron chi connectivity index (χ4n) is 1.49. The van der Waals surface area contributed by atoms with E-state index in [4.69, 9.17) is 15.3 Å². The molecule has 2 aromatic rings. The van der Waals surface area contributed by atoms with Crippen LogP contribution in [0.3, 0.4) is 0 Å². The highest BCUT2D eigenvalue weighted by atomic mass is 79.9. The number of anilines is 1. The van der Waals surface area contributed by atoms with Crippen LogP contribution in [0.4, 0.5) is 5.95 Å². The third kappa shape index (κ3) is 4.54. The number of halogens is 1. The maximum atomic E-state index is 5.57. The molecule has 0 unspecified atom stereocenters. The Morgan fingerprint density at radius 1 is 1.19 bits per heavy atom. The second kappa shape index (κ2) is 7.19. The molecule has 0 saturated heterocycles. The van der Waals surface area contributed by atoms with Crippen LogP contribution >= 0.6 is 15.9 Å². The molecule has 0 fully saturated rings. The van der Waals surface area contributed by atoms with Crippen molar-refractivity contribution in [2.24, 2.45) is 5.84 Å². The molecule has 0 saturated carbocycles. The van der Waals surface area contributed by atoms with E-state index in [1.54, 1.807) is 0 Å². The van der Waals surface area contributed by atoms with Gasteiger partial charge in [-0.25, -0.2) is 5.84 Å². The summed E-state index contributed by atoms with van der Waals surface area (Å²) in [7, 11) is 0. The van der Waals surface area contributed by atoms with Gasteiger partial charge in [-0.3, -0.25) is 5.43 Å². The van der Waals surface area contributed by atoms with Crippen molar-refractivity contribution >= 4 is 21.9 Å². The molecule has 0 aliphatic carbocycles. The van der Waals surface area contributed by atoms with Gasteiger partial charge < -0.3 is 9.47 Å². The summed E-state index contributed by atoms with van der Waals surface area (Å²) in [4.78, 5) is 12.1. The minimum Gasteiger partial charge on any atom is -0.461 e. The van der Waals surface area contributed by atoms with Crippen molar-refractivity contribution in [3.63, 3.8) is 0 Å². The van der Waals surface area contributed by atoms with Crippen LogP contribution in [0.1, 0.15) is 19.4 Å². The number of nitrogens with two attached hydrogens (primary N) is 1. The first-order valence-electron chi connectivity index (χ1n) is 6.34. The standard InChI is InChI=1S/C13H16BrN5O2/c1-8(2)21-13-17-11(19-15)16-12(18-13)20-7-9-5-3-4-6-10(9)14/h3-6,8H,7,15H2,1-2H3,(H,16,17,18,19). The van der Waals surface area contributed by atoms with Gasteiger partial charge in [-0.1, -0.05) is 34.1 Å². The van der Waals surface area contributed by atoms with Gasteiger partial charge >= 0.3 is 12.0 Å². The first kappa shape index (κ1) is 15.5. The Hall–Kier alpha value is -1.93. The van der Waals surface area contributed by atoms with Crippen molar-refractivity contribution < 1.29 is 9.47 Å². The number of hydrazine groups is 1. The normalized spacial score (nSPS) is 10.5. The van der Waals surface area contributed by atoms with Crippen LogP contribution in [-0.4, -0.2) is 21.1 Å². The number of hydrogen-bond donors (Lipinski definition) is 2. The van der Waals surface area contributed by atoms with Gasteiger partial charge in [-0.05, 0) is 19.9 Å². The highest BCUT2D eigenvalue weighted by Crippen LogP contribution is 2.19. The molecule has 0 aliphatic heterocycles. The van der Waals surface area contributed by atoms with E-state index in [2.05, 4.69) is 36.3 Å². The van der Waals surface area contributed by atoms with E-state index in [1.807, 2.05) is 38.1 Å². The second-order valence-electron chi connectivity index (χ2n) is 4.42. The molecule has 7 nitrogen and oxygen atoms in total. The number of nitrogens with one attached hydrogen (secondary N) is 1. The molecule has 2 rings (SSSR count). The molecule has 0 atom stereocenters. The van der Waals surface area contributed by atoms with E-state index in [0.29, 0.717) is 6.61 Å². The van der Waals surface area contributed by atoms with Gasteiger partial charge in [0, 0.05) is 10.0 Å². The lowest BCUT2D eigenvalue weighted by molar-refractivity contribution is 0.211. The molecule has 0 bridgehead atoms. The van der Waals surface area contributed by atoms with Crippen LogP contribution < -0.4 is 20.7 Å². The zero-order valence-electron chi connectivity index (χ0n) is 11.7. The van der Waals surface area contributed by atoms with Crippen LogP contribution in [0.5, 0.6) is 12.0 Å². The molecule has 0 amide bonds. The monoisotopic (exact) mass is 353 g/mol. The summed E-state index contributed by atoms with van der Waals surface area (Å²) >= 11 is 3.45. The van der Waals surface area contributed by atoms with E-state index in [9.17, 15) is 0 Å². The Balaban J connectivity index is 2.13. The largest absolute Gasteiger partial charge is 0.461 e. The SMILES string of the molecule is CC(C)Oc1nc(NN)nc(OCc2ccccc2Br)n1. The average Bonchev–Trinajstić information content (AvgIpc) is 2.45. The Labute approximate surface area is 131 Å². The molecular weight excluding hydrogens is 338 g/mol. The zero-order valence-corrected chi connectivity index (χ0v) is 13.3. The maximum Gasteiger partial charge on any atom is 0.324 e. The lowest BCUT2D eigenvalue weighted by Crippen LogP contribution is -2.15. The van der Waals surface area contributed by atoms with Gasteiger partial charge in [0.15, 0.2) is 0 Å². The van der Waals surface area contributed by atoms with Crippen molar-refractivity contribution in [1.29, 1.82) is 0 Å². The highest BCUT2D eigenvalue weighted by molar-refractivity contribution is 9.10. The minimum atomic E-state index is -0.0610. The first-order chi connectivity index (χ1) is 10.1. The number of rotatable bonds is 6. The smallest absolute Gasteiger partial charge is 0.324 e. The molecule has 1 heterocycles. The summed E-state index contributed by atoms with van der Waals surface area (Å²) in [6.45, 7) is 4.07. The van der Waals surface area contributed by atoms with Gasteiger partial charge in [0.25, 0.3) is 0 Å². The predicted octanol–water partition coefficient (Wildman–Crippen LogP) is 2.29. The van der Waals surface area contributed by atoms with Gasteiger partial charge in [-0.2, -0.15) is 9.97 Å². The van der Waals surface area contributed by atoms with Gasteiger partial charge in [0.2, 0.25) is 5.95 Å². The summed E-state index contributed by atoms with van der Waals surface area (Å²) in [6, 6.07) is 8.04. The van der Waals surface area contributed by atoms with Crippen molar-refractivity contribution in [2.75, 3.05) is 5.43 Å². The molecule has 1 aromatic carbocycles. The van der Waals surface area contributed by atoms with Crippen molar-refractivity contribution in [1.82, 2.24) is 15.0 Å². The van der Waals surface area contributed by atoms with E-state index in [1.165, 1.54) is 0 Å². The number of ether oxygens (including phenoxy) is 2. The fraction of sp³-hybridized carbons (Fsp3) is 0.308.